The SMILES string of the molecule is CCCCN(C)c1ccc(C(=O)OCC2CCCCO2)cc1. The Morgan fingerprint density at radius 1 is 1.32 bits per heavy atom. The molecule has 1 atom stereocenters. The van der Waals surface area contributed by atoms with Crippen molar-refractivity contribution in [3.63, 3.8) is 0 Å². The minimum atomic E-state index is -0.267. The lowest BCUT2D eigenvalue weighted by Gasteiger charge is -2.22. The molecule has 1 saturated heterocycles. The van der Waals surface area contributed by atoms with Crippen molar-refractivity contribution in [1.29, 1.82) is 0 Å². The molecule has 4 heteroatoms. The largest absolute Gasteiger partial charge is 0.459 e. The van der Waals surface area contributed by atoms with Crippen molar-refractivity contribution in [3.05, 3.63) is 29.8 Å². The van der Waals surface area contributed by atoms with E-state index >= 15 is 0 Å². The van der Waals surface area contributed by atoms with Gasteiger partial charge in [0.1, 0.15) is 6.61 Å². The van der Waals surface area contributed by atoms with Crippen LogP contribution in [-0.2, 0) is 9.47 Å². The number of unbranched alkanes of at least 4 members (excludes halogenated alkanes) is 1. The summed E-state index contributed by atoms with van der Waals surface area (Å²) < 4.78 is 10.9. The summed E-state index contributed by atoms with van der Waals surface area (Å²) in [5.74, 6) is -0.267. The lowest BCUT2D eigenvalue weighted by molar-refractivity contribution is -0.0300. The van der Waals surface area contributed by atoms with Crippen LogP contribution in [0.1, 0.15) is 49.4 Å². The molecule has 22 heavy (non-hydrogen) atoms. The van der Waals surface area contributed by atoms with E-state index in [0.29, 0.717) is 12.2 Å². The van der Waals surface area contributed by atoms with Gasteiger partial charge in [-0.05, 0) is 49.9 Å². The van der Waals surface area contributed by atoms with Crippen LogP contribution in [0.15, 0.2) is 24.3 Å². The maximum Gasteiger partial charge on any atom is 0.338 e. The molecule has 0 aromatic heterocycles. The van der Waals surface area contributed by atoms with Gasteiger partial charge in [-0.15, -0.1) is 0 Å². The van der Waals surface area contributed by atoms with Crippen molar-refractivity contribution in [3.8, 4) is 0 Å². The maximum absolute atomic E-state index is 12.0. The minimum Gasteiger partial charge on any atom is -0.459 e. The van der Waals surface area contributed by atoms with Crippen LogP contribution in [0.5, 0.6) is 0 Å². The second-order valence-electron chi connectivity index (χ2n) is 5.91. The van der Waals surface area contributed by atoms with Crippen LogP contribution in [0, 0.1) is 0 Å². The summed E-state index contributed by atoms with van der Waals surface area (Å²) in [7, 11) is 2.07. The van der Waals surface area contributed by atoms with E-state index in [0.717, 1.165) is 38.1 Å². The quantitative estimate of drug-likeness (QED) is 0.721. The first-order valence-electron chi connectivity index (χ1n) is 8.30. The number of anilines is 1. The van der Waals surface area contributed by atoms with Gasteiger partial charge in [-0.25, -0.2) is 4.79 Å². The van der Waals surface area contributed by atoms with Gasteiger partial charge in [0.15, 0.2) is 0 Å². The van der Waals surface area contributed by atoms with Crippen LogP contribution in [-0.4, -0.2) is 38.9 Å². The van der Waals surface area contributed by atoms with Gasteiger partial charge < -0.3 is 14.4 Å². The number of esters is 1. The van der Waals surface area contributed by atoms with E-state index in [-0.39, 0.29) is 12.1 Å². The number of hydrogen-bond acceptors (Lipinski definition) is 4. The van der Waals surface area contributed by atoms with Gasteiger partial charge >= 0.3 is 5.97 Å². The van der Waals surface area contributed by atoms with Crippen LogP contribution < -0.4 is 4.90 Å². The molecule has 1 aromatic rings. The summed E-state index contributed by atoms with van der Waals surface area (Å²) in [6.07, 6.45) is 5.66. The molecule has 0 amide bonds. The molecule has 1 heterocycles. The third-order valence-electron chi connectivity index (χ3n) is 4.07. The lowest BCUT2D eigenvalue weighted by Crippen LogP contribution is -2.26. The lowest BCUT2D eigenvalue weighted by atomic mass is 10.1. The Bertz CT molecular complexity index is 452. The van der Waals surface area contributed by atoms with Crippen molar-refractivity contribution in [2.24, 2.45) is 0 Å². The van der Waals surface area contributed by atoms with Gasteiger partial charge in [0.25, 0.3) is 0 Å². The predicted molar refractivity (Wildman–Crippen MR) is 88.5 cm³/mol. The maximum atomic E-state index is 12.0. The van der Waals surface area contributed by atoms with Gasteiger partial charge in [-0.2, -0.15) is 0 Å². The topological polar surface area (TPSA) is 38.8 Å². The highest BCUT2D eigenvalue weighted by Gasteiger charge is 2.16. The molecule has 0 bridgehead atoms. The number of carbonyl (C=O) groups is 1. The number of hydrogen-bond donors (Lipinski definition) is 0. The number of ether oxygens (including phenoxy) is 2. The van der Waals surface area contributed by atoms with Crippen molar-refractivity contribution in [2.75, 3.05) is 31.7 Å². The van der Waals surface area contributed by atoms with Gasteiger partial charge in [0, 0.05) is 25.9 Å². The average molecular weight is 305 g/mol. The summed E-state index contributed by atoms with van der Waals surface area (Å²) >= 11 is 0. The highest BCUT2D eigenvalue weighted by atomic mass is 16.6. The first kappa shape index (κ1) is 16.8. The fourth-order valence-electron chi connectivity index (χ4n) is 2.57. The van der Waals surface area contributed by atoms with E-state index in [1.54, 1.807) is 0 Å². The van der Waals surface area contributed by atoms with Gasteiger partial charge in [0.2, 0.25) is 0 Å². The van der Waals surface area contributed by atoms with E-state index in [2.05, 4.69) is 18.9 Å². The third-order valence-corrected chi connectivity index (χ3v) is 4.07. The predicted octanol–water partition coefficient (Wildman–Crippen LogP) is 3.65. The average Bonchev–Trinajstić information content (AvgIpc) is 2.58. The number of nitrogens with zero attached hydrogens (tertiary/aromatic N) is 1. The molecule has 0 radical (unpaired) electrons. The number of rotatable bonds is 7. The normalized spacial score (nSPS) is 18.0. The van der Waals surface area contributed by atoms with Gasteiger partial charge in [-0.1, -0.05) is 13.3 Å². The number of carbonyl (C=O) groups excluding carboxylic acids is 1. The van der Waals surface area contributed by atoms with Gasteiger partial charge in [0.05, 0.1) is 11.7 Å². The van der Waals surface area contributed by atoms with Crippen LogP contribution in [0.2, 0.25) is 0 Å². The molecule has 1 aliphatic heterocycles. The van der Waals surface area contributed by atoms with Crippen molar-refractivity contribution in [2.45, 2.75) is 45.1 Å². The molecular formula is C18H27NO3. The Balaban J connectivity index is 1.82. The van der Waals surface area contributed by atoms with Gasteiger partial charge in [-0.3, -0.25) is 0 Å². The molecule has 1 unspecified atom stereocenters. The highest BCUT2D eigenvalue weighted by Crippen LogP contribution is 2.16. The van der Waals surface area contributed by atoms with E-state index in [1.807, 2.05) is 24.3 Å². The van der Waals surface area contributed by atoms with E-state index in [4.69, 9.17) is 9.47 Å². The minimum absolute atomic E-state index is 0.0668. The standard InChI is InChI=1S/C18H27NO3/c1-3-4-12-19(2)16-10-8-15(9-11-16)18(20)22-14-17-7-5-6-13-21-17/h8-11,17H,3-7,12-14H2,1-2H3. The summed E-state index contributed by atoms with van der Waals surface area (Å²) in [4.78, 5) is 14.3. The molecule has 1 fully saturated rings. The van der Waals surface area contributed by atoms with Crippen LogP contribution in [0.3, 0.4) is 0 Å². The van der Waals surface area contributed by atoms with E-state index < -0.39 is 0 Å². The van der Waals surface area contributed by atoms with Crippen LogP contribution in [0.4, 0.5) is 5.69 Å². The molecular weight excluding hydrogens is 278 g/mol. The zero-order valence-electron chi connectivity index (χ0n) is 13.7. The fourth-order valence-corrected chi connectivity index (χ4v) is 2.57. The number of benzene rings is 1. The van der Waals surface area contributed by atoms with Crippen molar-refractivity contribution >= 4 is 11.7 Å². The molecule has 0 spiro atoms. The molecule has 0 aliphatic carbocycles. The third kappa shape index (κ3) is 5.02. The Hall–Kier alpha value is -1.55. The Labute approximate surface area is 133 Å². The fraction of sp³-hybridized carbons (Fsp3) is 0.611. The summed E-state index contributed by atoms with van der Waals surface area (Å²) in [5, 5.41) is 0. The molecule has 0 saturated carbocycles. The Morgan fingerprint density at radius 3 is 2.73 bits per heavy atom. The Morgan fingerprint density at radius 2 is 2.09 bits per heavy atom. The second-order valence-corrected chi connectivity index (χ2v) is 5.91. The molecule has 2 rings (SSSR count). The first-order valence-corrected chi connectivity index (χ1v) is 8.30. The second kappa shape index (κ2) is 8.79. The molecule has 0 N–H and O–H groups in total. The highest BCUT2D eigenvalue weighted by molar-refractivity contribution is 5.89. The van der Waals surface area contributed by atoms with Crippen molar-refractivity contribution < 1.29 is 14.3 Å². The first-order chi connectivity index (χ1) is 10.7. The summed E-state index contributed by atoms with van der Waals surface area (Å²) in [6, 6.07) is 7.62. The summed E-state index contributed by atoms with van der Waals surface area (Å²) in [6.45, 7) is 4.35. The van der Waals surface area contributed by atoms with Crippen LogP contribution >= 0.6 is 0 Å². The molecule has 1 aromatic carbocycles. The summed E-state index contributed by atoms with van der Waals surface area (Å²) in [5.41, 5.74) is 1.73. The zero-order valence-corrected chi connectivity index (χ0v) is 13.7. The van der Waals surface area contributed by atoms with Crippen LogP contribution in [0.25, 0.3) is 0 Å². The molecule has 122 valence electrons. The Kier molecular flexibility index (Phi) is 6.72. The smallest absolute Gasteiger partial charge is 0.338 e. The molecule has 4 nitrogen and oxygen atoms in total. The monoisotopic (exact) mass is 305 g/mol. The zero-order chi connectivity index (χ0) is 15.8. The molecule has 1 aliphatic rings. The van der Waals surface area contributed by atoms with Crippen molar-refractivity contribution in [1.82, 2.24) is 0 Å². The van der Waals surface area contributed by atoms with E-state index in [1.165, 1.54) is 12.8 Å². The van der Waals surface area contributed by atoms with E-state index in [9.17, 15) is 4.79 Å².